The lowest BCUT2D eigenvalue weighted by atomic mass is 10.1. The summed E-state index contributed by atoms with van der Waals surface area (Å²) < 4.78 is 5.27. The first-order chi connectivity index (χ1) is 10.1. The van der Waals surface area contributed by atoms with Crippen LogP contribution in [0.2, 0.25) is 0 Å². The van der Waals surface area contributed by atoms with E-state index in [4.69, 9.17) is 4.74 Å². The third-order valence-electron chi connectivity index (χ3n) is 3.96. The number of aryl methyl sites for hydroxylation is 1. The van der Waals surface area contributed by atoms with Crippen LogP contribution in [-0.4, -0.2) is 30.8 Å². The average Bonchev–Trinajstić information content (AvgIpc) is 2.88. The number of hydrogen-bond acceptors (Lipinski definition) is 3. The van der Waals surface area contributed by atoms with Crippen LogP contribution in [0.5, 0.6) is 5.75 Å². The van der Waals surface area contributed by atoms with Gasteiger partial charge in [-0.1, -0.05) is 18.1 Å². The molecule has 0 aromatic heterocycles. The quantitative estimate of drug-likeness (QED) is 0.818. The molecular weight excluding hydrogens is 266 g/mol. The summed E-state index contributed by atoms with van der Waals surface area (Å²) >= 11 is 0. The average molecular weight is 289 g/mol. The number of carbonyl (C=O) groups is 1. The van der Waals surface area contributed by atoms with Crippen molar-refractivity contribution in [3.05, 3.63) is 35.4 Å². The lowest BCUT2D eigenvalue weighted by Crippen LogP contribution is -2.31. The van der Waals surface area contributed by atoms with E-state index in [1.165, 1.54) is 6.08 Å². The first-order valence-corrected chi connectivity index (χ1v) is 7.39. The molecule has 21 heavy (non-hydrogen) atoms. The van der Waals surface area contributed by atoms with Gasteiger partial charge in [-0.3, -0.25) is 4.79 Å². The predicted octanol–water partition coefficient (Wildman–Crippen LogP) is 2.29. The van der Waals surface area contributed by atoms with Crippen LogP contribution in [0.1, 0.15) is 30.4 Å². The van der Waals surface area contributed by atoms with Crippen LogP contribution in [0.25, 0.3) is 6.08 Å². The van der Waals surface area contributed by atoms with Crippen molar-refractivity contribution in [1.29, 1.82) is 0 Å². The van der Waals surface area contributed by atoms with Gasteiger partial charge in [-0.05, 0) is 38.0 Å². The number of aliphatic hydroxyl groups excluding tert-OH is 1. The largest absolute Gasteiger partial charge is 0.496 e. The van der Waals surface area contributed by atoms with E-state index < -0.39 is 0 Å². The maximum absolute atomic E-state index is 11.8. The summed E-state index contributed by atoms with van der Waals surface area (Å²) in [6.45, 7) is 2.54. The molecule has 0 saturated heterocycles. The van der Waals surface area contributed by atoms with E-state index in [0.717, 1.165) is 36.1 Å². The summed E-state index contributed by atoms with van der Waals surface area (Å²) in [5.41, 5.74) is 2.00. The normalized spacial score (nSPS) is 21.7. The number of methoxy groups -OCH3 is 1. The van der Waals surface area contributed by atoms with Crippen molar-refractivity contribution >= 4 is 12.0 Å². The van der Waals surface area contributed by atoms with Gasteiger partial charge in [0, 0.05) is 24.1 Å². The van der Waals surface area contributed by atoms with Crippen molar-refractivity contribution in [3.8, 4) is 5.75 Å². The molecule has 0 radical (unpaired) electrons. The smallest absolute Gasteiger partial charge is 0.244 e. The van der Waals surface area contributed by atoms with Gasteiger partial charge in [-0.25, -0.2) is 0 Å². The molecular formula is C17H23NO3. The third kappa shape index (κ3) is 4.33. The number of nitrogens with one attached hydrogen (secondary N) is 1. The van der Waals surface area contributed by atoms with Gasteiger partial charge in [-0.2, -0.15) is 0 Å². The summed E-state index contributed by atoms with van der Waals surface area (Å²) in [6.07, 6.45) is 5.86. The lowest BCUT2D eigenvalue weighted by molar-refractivity contribution is -0.116. The van der Waals surface area contributed by atoms with Gasteiger partial charge in [0.05, 0.1) is 13.2 Å². The van der Waals surface area contributed by atoms with Gasteiger partial charge in [0.25, 0.3) is 0 Å². The van der Waals surface area contributed by atoms with E-state index in [-0.39, 0.29) is 17.9 Å². The van der Waals surface area contributed by atoms with Crippen molar-refractivity contribution < 1.29 is 14.6 Å². The van der Waals surface area contributed by atoms with Crippen LogP contribution in [0, 0.1) is 12.8 Å². The van der Waals surface area contributed by atoms with Crippen LogP contribution in [0.3, 0.4) is 0 Å². The molecule has 4 nitrogen and oxygen atoms in total. The Labute approximate surface area is 125 Å². The maximum atomic E-state index is 11.8. The highest BCUT2D eigenvalue weighted by Crippen LogP contribution is 2.24. The molecule has 1 fully saturated rings. The first-order valence-electron chi connectivity index (χ1n) is 7.39. The summed E-state index contributed by atoms with van der Waals surface area (Å²) in [5, 5.41) is 12.6. The molecule has 1 aliphatic carbocycles. The molecule has 2 rings (SSSR count). The third-order valence-corrected chi connectivity index (χ3v) is 3.96. The fraction of sp³-hybridized carbons (Fsp3) is 0.471. The second-order valence-electron chi connectivity index (χ2n) is 5.58. The molecule has 2 unspecified atom stereocenters. The number of carbonyl (C=O) groups excluding carboxylic acids is 1. The number of ether oxygens (including phenoxy) is 1. The van der Waals surface area contributed by atoms with E-state index in [2.05, 4.69) is 5.32 Å². The molecule has 0 heterocycles. The highest BCUT2D eigenvalue weighted by molar-refractivity contribution is 5.92. The van der Waals surface area contributed by atoms with Crippen molar-refractivity contribution in [3.63, 3.8) is 0 Å². The molecule has 1 aromatic carbocycles. The summed E-state index contributed by atoms with van der Waals surface area (Å²) in [4.78, 5) is 11.8. The molecule has 0 aliphatic heterocycles. The molecule has 2 N–H and O–H groups in total. The number of rotatable bonds is 5. The topological polar surface area (TPSA) is 58.6 Å². The minimum Gasteiger partial charge on any atom is -0.496 e. The second-order valence-corrected chi connectivity index (χ2v) is 5.58. The van der Waals surface area contributed by atoms with Gasteiger partial charge in [0.15, 0.2) is 0 Å². The monoisotopic (exact) mass is 289 g/mol. The molecule has 1 aromatic rings. The zero-order valence-electron chi connectivity index (χ0n) is 12.6. The summed E-state index contributed by atoms with van der Waals surface area (Å²) in [7, 11) is 1.61. The Kier molecular flexibility index (Phi) is 5.39. The fourth-order valence-corrected chi connectivity index (χ4v) is 2.70. The minimum atomic E-state index is -0.272. The van der Waals surface area contributed by atoms with Crippen LogP contribution in [0.15, 0.2) is 24.3 Å². The fourth-order valence-electron chi connectivity index (χ4n) is 2.70. The van der Waals surface area contributed by atoms with Crippen molar-refractivity contribution in [2.24, 2.45) is 5.92 Å². The van der Waals surface area contributed by atoms with E-state index in [1.807, 2.05) is 25.1 Å². The lowest BCUT2D eigenvalue weighted by Gasteiger charge is -2.14. The van der Waals surface area contributed by atoms with Crippen molar-refractivity contribution in [2.75, 3.05) is 13.7 Å². The molecule has 1 aliphatic rings. The Morgan fingerprint density at radius 3 is 2.95 bits per heavy atom. The van der Waals surface area contributed by atoms with Gasteiger partial charge in [0.2, 0.25) is 5.91 Å². The van der Waals surface area contributed by atoms with Gasteiger partial charge >= 0.3 is 0 Å². The first kappa shape index (κ1) is 15.6. The van der Waals surface area contributed by atoms with Crippen LogP contribution in [0.4, 0.5) is 0 Å². The van der Waals surface area contributed by atoms with Crippen LogP contribution in [-0.2, 0) is 4.79 Å². The van der Waals surface area contributed by atoms with Crippen LogP contribution < -0.4 is 10.1 Å². The summed E-state index contributed by atoms with van der Waals surface area (Å²) in [6, 6.07) is 5.84. The highest BCUT2D eigenvalue weighted by Gasteiger charge is 2.24. The molecule has 4 heteroatoms. The molecule has 1 amide bonds. The molecule has 114 valence electrons. The molecule has 0 spiro atoms. The number of benzene rings is 1. The van der Waals surface area contributed by atoms with Gasteiger partial charge in [0.1, 0.15) is 5.75 Å². The van der Waals surface area contributed by atoms with Gasteiger partial charge in [-0.15, -0.1) is 0 Å². The van der Waals surface area contributed by atoms with E-state index >= 15 is 0 Å². The standard InChI is InChI=1S/C17H23NO3/c1-12-6-8-16(21-2)13(10-12)7-9-17(20)18-11-14-4-3-5-15(14)19/h6-10,14-15,19H,3-5,11H2,1-2H3,(H,18,20). The number of hydrogen-bond donors (Lipinski definition) is 2. The Bertz CT molecular complexity index is 525. The van der Waals surface area contributed by atoms with E-state index in [0.29, 0.717) is 6.54 Å². The minimum absolute atomic E-state index is 0.141. The number of aliphatic hydroxyl groups is 1. The second kappa shape index (κ2) is 7.27. The Hall–Kier alpha value is -1.81. The van der Waals surface area contributed by atoms with E-state index in [1.54, 1.807) is 13.2 Å². The Balaban J connectivity index is 1.91. The molecule has 0 bridgehead atoms. The predicted molar refractivity (Wildman–Crippen MR) is 83.1 cm³/mol. The maximum Gasteiger partial charge on any atom is 0.244 e. The summed E-state index contributed by atoms with van der Waals surface area (Å²) in [5.74, 6) is 0.796. The van der Waals surface area contributed by atoms with Gasteiger partial charge < -0.3 is 15.2 Å². The highest BCUT2D eigenvalue weighted by atomic mass is 16.5. The van der Waals surface area contributed by atoms with E-state index in [9.17, 15) is 9.90 Å². The zero-order valence-corrected chi connectivity index (χ0v) is 12.6. The number of amides is 1. The SMILES string of the molecule is COc1ccc(C)cc1C=CC(=O)NCC1CCCC1O. The zero-order chi connectivity index (χ0) is 15.2. The van der Waals surface area contributed by atoms with Crippen molar-refractivity contribution in [2.45, 2.75) is 32.3 Å². The molecule has 1 saturated carbocycles. The Morgan fingerprint density at radius 2 is 2.29 bits per heavy atom. The van der Waals surface area contributed by atoms with Crippen molar-refractivity contribution in [1.82, 2.24) is 5.32 Å². The van der Waals surface area contributed by atoms with Crippen LogP contribution >= 0.6 is 0 Å². The Morgan fingerprint density at radius 1 is 1.48 bits per heavy atom. The molecule has 2 atom stereocenters.